The maximum absolute atomic E-state index is 12.5. The molecule has 2 amide bonds. The standard InChI is InChI=1S/C24H24N2O2/c1-24(2,3)19-14-12-18(13-15-19)23(28)26-21-11-7-10-20(16-21)25-22(27)17-8-5-4-6-9-17/h4-16H,1-3H3,(H,25,27)(H,26,28). The number of hydrogen-bond donors (Lipinski definition) is 2. The molecule has 0 bridgehead atoms. The third kappa shape index (κ3) is 4.86. The van der Waals surface area contributed by atoms with Crippen LogP contribution in [0.15, 0.2) is 78.9 Å². The quantitative estimate of drug-likeness (QED) is 0.636. The number of nitrogens with one attached hydrogen (secondary N) is 2. The molecule has 0 unspecified atom stereocenters. The number of anilines is 2. The summed E-state index contributed by atoms with van der Waals surface area (Å²) in [5.41, 5.74) is 3.63. The molecular formula is C24H24N2O2. The Kier molecular flexibility index (Phi) is 5.59. The number of amides is 2. The van der Waals surface area contributed by atoms with Crippen molar-refractivity contribution in [1.29, 1.82) is 0 Å². The Balaban J connectivity index is 1.69. The van der Waals surface area contributed by atoms with Gasteiger partial charge >= 0.3 is 0 Å². The van der Waals surface area contributed by atoms with Crippen molar-refractivity contribution < 1.29 is 9.59 Å². The number of rotatable bonds is 4. The average Bonchev–Trinajstić information content (AvgIpc) is 2.68. The van der Waals surface area contributed by atoms with Gasteiger partial charge in [0, 0.05) is 22.5 Å². The van der Waals surface area contributed by atoms with Gasteiger partial charge in [-0.15, -0.1) is 0 Å². The predicted octanol–water partition coefficient (Wildman–Crippen LogP) is 5.49. The molecule has 0 fully saturated rings. The van der Waals surface area contributed by atoms with E-state index >= 15 is 0 Å². The average molecular weight is 372 g/mol. The van der Waals surface area contributed by atoms with Crippen LogP contribution in [0.2, 0.25) is 0 Å². The highest BCUT2D eigenvalue weighted by Gasteiger charge is 2.14. The smallest absolute Gasteiger partial charge is 0.255 e. The van der Waals surface area contributed by atoms with Crippen LogP contribution in [0.25, 0.3) is 0 Å². The van der Waals surface area contributed by atoms with Crippen LogP contribution in [-0.2, 0) is 5.41 Å². The van der Waals surface area contributed by atoms with Crippen molar-refractivity contribution in [3.05, 3.63) is 95.6 Å². The normalized spacial score (nSPS) is 11.0. The number of carbonyl (C=O) groups excluding carboxylic acids is 2. The molecule has 0 saturated heterocycles. The van der Waals surface area contributed by atoms with Crippen molar-refractivity contribution in [3.8, 4) is 0 Å². The zero-order chi connectivity index (χ0) is 20.1. The highest BCUT2D eigenvalue weighted by Crippen LogP contribution is 2.23. The van der Waals surface area contributed by atoms with Crippen LogP contribution in [0.1, 0.15) is 47.1 Å². The van der Waals surface area contributed by atoms with Gasteiger partial charge in [0.1, 0.15) is 0 Å². The van der Waals surface area contributed by atoms with Gasteiger partial charge in [-0.2, -0.15) is 0 Å². The Morgan fingerprint density at radius 3 is 1.64 bits per heavy atom. The lowest BCUT2D eigenvalue weighted by molar-refractivity contribution is 0.101. The monoisotopic (exact) mass is 372 g/mol. The number of carbonyl (C=O) groups is 2. The highest BCUT2D eigenvalue weighted by molar-refractivity contribution is 6.06. The van der Waals surface area contributed by atoms with Crippen molar-refractivity contribution in [2.75, 3.05) is 10.6 Å². The van der Waals surface area contributed by atoms with Gasteiger partial charge in [-0.05, 0) is 53.4 Å². The molecule has 0 aromatic heterocycles. The van der Waals surface area contributed by atoms with E-state index in [0.29, 0.717) is 22.5 Å². The second kappa shape index (κ2) is 8.09. The van der Waals surface area contributed by atoms with Gasteiger partial charge in [-0.25, -0.2) is 0 Å². The van der Waals surface area contributed by atoms with E-state index in [1.165, 1.54) is 5.56 Å². The Morgan fingerprint density at radius 2 is 1.14 bits per heavy atom. The lowest BCUT2D eigenvalue weighted by Gasteiger charge is -2.19. The van der Waals surface area contributed by atoms with Crippen molar-refractivity contribution in [2.24, 2.45) is 0 Å². The summed E-state index contributed by atoms with van der Waals surface area (Å²) in [6, 6.07) is 23.7. The minimum absolute atomic E-state index is 0.0420. The fourth-order valence-corrected chi connectivity index (χ4v) is 2.79. The molecule has 0 saturated carbocycles. The molecule has 2 N–H and O–H groups in total. The Hall–Kier alpha value is -3.40. The molecule has 3 rings (SSSR count). The van der Waals surface area contributed by atoms with Gasteiger partial charge in [0.25, 0.3) is 11.8 Å². The van der Waals surface area contributed by atoms with E-state index in [4.69, 9.17) is 0 Å². The Morgan fingerprint density at radius 1 is 0.643 bits per heavy atom. The van der Waals surface area contributed by atoms with Crippen molar-refractivity contribution in [2.45, 2.75) is 26.2 Å². The maximum atomic E-state index is 12.5. The van der Waals surface area contributed by atoms with E-state index in [-0.39, 0.29) is 17.2 Å². The molecule has 142 valence electrons. The second-order valence-electron chi connectivity index (χ2n) is 7.68. The fourth-order valence-electron chi connectivity index (χ4n) is 2.79. The summed E-state index contributed by atoms with van der Waals surface area (Å²) in [7, 11) is 0. The Bertz CT molecular complexity index is 971. The molecule has 4 nitrogen and oxygen atoms in total. The first-order valence-electron chi connectivity index (χ1n) is 9.21. The second-order valence-corrected chi connectivity index (χ2v) is 7.68. The third-order valence-electron chi connectivity index (χ3n) is 4.43. The molecule has 4 heteroatoms. The molecular weight excluding hydrogens is 348 g/mol. The summed E-state index contributed by atoms with van der Waals surface area (Å²) in [4.78, 5) is 24.8. The van der Waals surface area contributed by atoms with Crippen LogP contribution in [0.4, 0.5) is 11.4 Å². The van der Waals surface area contributed by atoms with Crippen LogP contribution in [0.5, 0.6) is 0 Å². The van der Waals surface area contributed by atoms with E-state index in [1.54, 1.807) is 36.4 Å². The summed E-state index contributed by atoms with van der Waals surface area (Å²) in [6.45, 7) is 6.41. The van der Waals surface area contributed by atoms with Gasteiger partial charge in [-0.3, -0.25) is 9.59 Å². The van der Waals surface area contributed by atoms with Crippen LogP contribution in [0.3, 0.4) is 0 Å². The van der Waals surface area contributed by atoms with Gasteiger partial charge in [0.05, 0.1) is 0 Å². The molecule has 0 spiro atoms. The summed E-state index contributed by atoms with van der Waals surface area (Å²) in [5.74, 6) is -0.381. The first-order valence-corrected chi connectivity index (χ1v) is 9.21. The summed E-state index contributed by atoms with van der Waals surface area (Å²) in [5, 5.41) is 5.73. The van der Waals surface area contributed by atoms with Crippen molar-refractivity contribution >= 4 is 23.2 Å². The largest absolute Gasteiger partial charge is 0.322 e. The number of hydrogen-bond acceptors (Lipinski definition) is 2. The zero-order valence-electron chi connectivity index (χ0n) is 16.3. The van der Waals surface area contributed by atoms with Gasteiger partial charge in [0.15, 0.2) is 0 Å². The molecule has 0 aliphatic heterocycles. The van der Waals surface area contributed by atoms with Gasteiger partial charge in [0.2, 0.25) is 0 Å². The third-order valence-corrected chi connectivity index (χ3v) is 4.43. The SMILES string of the molecule is CC(C)(C)c1ccc(C(=O)Nc2cccc(NC(=O)c3ccccc3)c2)cc1. The fraction of sp³-hybridized carbons (Fsp3) is 0.167. The first-order chi connectivity index (χ1) is 13.3. The molecule has 0 radical (unpaired) electrons. The molecule has 0 atom stereocenters. The predicted molar refractivity (Wildman–Crippen MR) is 114 cm³/mol. The van der Waals surface area contributed by atoms with E-state index < -0.39 is 0 Å². The molecule has 0 aliphatic carbocycles. The van der Waals surface area contributed by atoms with Crippen LogP contribution in [-0.4, -0.2) is 11.8 Å². The lowest BCUT2D eigenvalue weighted by atomic mass is 9.87. The van der Waals surface area contributed by atoms with Crippen LogP contribution < -0.4 is 10.6 Å². The van der Waals surface area contributed by atoms with Crippen molar-refractivity contribution in [1.82, 2.24) is 0 Å². The topological polar surface area (TPSA) is 58.2 Å². The van der Waals surface area contributed by atoms with E-state index in [1.807, 2.05) is 42.5 Å². The van der Waals surface area contributed by atoms with E-state index in [9.17, 15) is 9.59 Å². The minimum Gasteiger partial charge on any atom is -0.322 e. The van der Waals surface area contributed by atoms with E-state index in [0.717, 1.165) is 0 Å². The van der Waals surface area contributed by atoms with Crippen LogP contribution >= 0.6 is 0 Å². The molecule has 28 heavy (non-hydrogen) atoms. The molecule has 0 aliphatic rings. The van der Waals surface area contributed by atoms with Gasteiger partial charge in [-0.1, -0.05) is 57.2 Å². The minimum atomic E-state index is -0.193. The summed E-state index contributed by atoms with van der Waals surface area (Å²) < 4.78 is 0. The summed E-state index contributed by atoms with van der Waals surface area (Å²) in [6.07, 6.45) is 0. The summed E-state index contributed by atoms with van der Waals surface area (Å²) >= 11 is 0. The zero-order valence-corrected chi connectivity index (χ0v) is 16.3. The van der Waals surface area contributed by atoms with Gasteiger partial charge < -0.3 is 10.6 Å². The van der Waals surface area contributed by atoms with Crippen LogP contribution in [0, 0.1) is 0 Å². The highest BCUT2D eigenvalue weighted by atomic mass is 16.2. The van der Waals surface area contributed by atoms with Crippen molar-refractivity contribution in [3.63, 3.8) is 0 Å². The lowest BCUT2D eigenvalue weighted by Crippen LogP contribution is -2.15. The molecule has 3 aromatic carbocycles. The number of benzene rings is 3. The Labute approximate surface area is 165 Å². The molecule has 3 aromatic rings. The van der Waals surface area contributed by atoms with E-state index in [2.05, 4.69) is 31.4 Å². The first kappa shape index (κ1) is 19.4. The molecule has 0 heterocycles. The maximum Gasteiger partial charge on any atom is 0.255 e.